The molecule has 17 heavy (non-hydrogen) atoms. The van der Waals surface area contributed by atoms with E-state index in [-0.39, 0.29) is 0 Å². The number of benzene rings is 2. The zero-order chi connectivity index (χ0) is 12.3. The van der Waals surface area contributed by atoms with Crippen LogP contribution in [0.3, 0.4) is 0 Å². The highest BCUT2D eigenvalue weighted by atomic mass is 35.5. The fourth-order valence-corrected chi connectivity index (χ4v) is 2.09. The SMILES string of the molecule is CCc1ccccc1-c1ccc(Cl)c(NN)c1. The molecule has 3 heteroatoms. The monoisotopic (exact) mass is 246 g/mol. The lowest BCUT2D eigenvalue weighted by Crippen LogP contribution is -2.07. The third kappa shape index (κ3) is 2.43. The van der Waals surface area contributed by atoms with Gasteiger partial charge in [0.2, 0.25) is 0 Å². The maximum absolute atomic E-state index is 6.01. The summed E-state index contributed by atoms with van der Waals surface area (Å²) < 4.78 is 0. The van der Waals surface area contributed by atoms with E-state index < -0.39 is 0 Å². The molecule has 2 rings (SSSR count). The molecule has 0 saturated carbocycles. The van der Waals surface area contributed by atoms with E-state index in [4.69, 9.17) is 17.4 Å². The second kappa shape index (κ2) is 5.21. The Morgan fingerprint density at radius 3 is 2.65 bits per heavy atom. The van der Waals surface area contributed by atoms with Crippen LogP contribution in [0.25, 0.3) is 11.1 Å². The first-order valence-corrected chi connectivity index (χ1v) is 5.98. The summed E-state index contributed by atoms with van der Waals surface area (Å²) in [6.07, 6.45) is 1.00. The summed E-state index contributed by atoms with van der Waals surface area (Å²) in [6, 6.07) is 14.2. The molecule has 0 amide bonds. The number of nitrogens with two attached hydrogens (primary N) is 1. The standard InChI is InChI=1S/C14H15ClN2/c1-2-10-5-3-4-6-12(10)11-7-8-13(15)14(9-11)17-16/h3-9,17H,2,16H2,1H3. The van der Waals surface area contributed by atoms with Gasteiger partial charge < -0.3 is 5.43 Å². The molecule has 0 spiro atoms. The third-order valence-corrected chi connectivity index (χ3v) is 3.16. The molecule has 2 aromatic carbocycles. The Bertz CT molecular complexity index is 523. The Hall–Kier alpha value is -1.51. The number of nitrogens with one attached hydrogen (secondary N) is 1. The van der Waals surface area contributed by atoms with Gasteiger partial charge in [-0.15, -0.1) is 0 Å². The van der Waals surface area contributed by atoms with Crippen LogP contribution in [0.1, 0.15) is 12.5 Å². The van der Waals surface area contributed by atoms with Gasteiger partial charge in [-0.1, -0.05) is 48.9 Å². The summed E-state index contributed by atoms with van der Waals surface area (Å²) >= 11 is 6.01. The van der Waals surface area contributed by atoms with Crippen LogP contribution in [-0.2, 0) is 6.42 Å². The van der Waals surface area contributed by atoms with Crippen molar-refractivity contribution in [2.75, 3.05) is 5.43 Å². The number of nitrogen functional groups attached to an aromatic ring is 1. The minimum Gasteiger partial charge on any atom is -0.323 e. The molecule has 2 nitrogen and oxygen atoms in total. The van der Waals surface area contributed by atoms with Gasteiger partial charge >= 0.3 is 0 Å². The summed E-state index contributed by atoms with van der Waals surface area (Å²) in [5.41, 5.74) is 7.02. The van der Waals surface area contributed by atoms with Gasteiger partial charge in [-0.3, -0.25) is 5.84 Å². The molecule has 0 aliphatic rings. The highest BCUT2D eigenvalue weighted by molar-refractivity contribution is 6.33. The van der Waals surface area contributed by atoms with Crippen molar-refractivity contribution in [1.82, 2.24) is 0 Å². The maximum atomic E-state index is 6.01. The molecule has 0 heterocycles. The van der Waals surface area contributed by atoms with Crippen molar-refractivity contribution in [3.63, 3.8) is 0 Å². The van der Waals surface area contributed by atoms with Gasteiger partial charge in [0, 0.05) is 0 Å². The summed E-state index contributed by atoms with van der Waals surface area (Å²) in [7, 11) is 0. The molecule has 0 aromatic heterocycles. The van der Waals surface area contributed by atoms with Crippen LogP contribution < -0.4 is 11.3 Å². The van der Waals surface area contributed by atoms with Crippen LogP contribution in [0, 0.1) is 0 Å². The highest BCUT2D eigenvalue weighted by Gasteiger charge is 2.05. The second-order valence-corrected chi connectivity index (χ2v) is 4.26. The van der Waals surface area contributed by atoms with Crippen LogP contribution in [0.2, 0.25) is 5.02 Å². The molecule has 0 fully saturated rings. The van der Waals surface area contributed by atoms with Crippen LogP contribution in [-0.4, -0.2) is 0 Å². The van der Waals surface area contributed by atoms with Crippen LogP contribution >= 0.6 is 11.6 Å². The van der Waals surface area contributed by atoms with Gasteiger partial charge in [0.1, 0.15) is 0 Å². The number of halogens is 1. The summed E-state index contributed by atoms with van der Waals surface area (Å²) in [5.74, 6) is 5.43. The van der Waals surface area contributed by atoms with Crippen molar-refractivity contribution >= 4 is 17.3 Å². The zero-order valence-electron chi connectivity index (χ0n) is 9.70. The normalized spacial score (nSPS) is 10.3. The molecule has 0 unspecified atom stereocenters. The van der Waals surface area contributed by atoms with E-state index in [0.717, 1.165) is 17.7 Å². The van der Waals surface area contributed by atoms with Gasteiger partial charge in [0.25, 0.3) is 0 Å². The highest BCUT2D eigenvalue weighted by Crippen LogP contribution is 2.30. The van der Waals surface area contributed by atoms with Crippen molar-refractivity contribution in [2.24, 2.45) is 5.84 Å². The average molecular weight is 247 g/mol. The maximum Gasteiger partial charge on any atom is 0.0678 e. The molecular formula is C14H15ClN2. The van der Waals surface area contributed by atoms with Gasteiger partial charge in [-0.2, -0.15) is 0 Å². The predicted octanol–water partition coefficient (Wildman–Crippen LogP) is 3.86. The molecule has 3 N–H and O–H groups in total. The molecule has 88 valence electrons. The lowest BCUT2D eigenvalue weighted by Gasteiger charge is -2.10. The number of rotatable bonds is 3. The first-order chi connectivity index (χ1) is 8.26. The lowest BCUT2D eigenvalue weighted by molar-refractivity contribution is 1.14. The summed E-state index contributed by atoms with van der Waals surface area (Å²) in [6.45, 7) is 2.15. The molecular weight excluding hydrogens is 232 g/mol. The van der Waals surface area contributed by atoms with Crippen molar-refractivity contribution < 1.29 is 0 Å². The Labute approximate surface area is 106 Å². The molecule has 0 bridgehead atoms. The summed E-state index contributed by atoms with van der Waals surface area (Å²) in [5, 5.41) is 0.630. The van der Waals surface area contributed by atoms with Crippen LogP contribution in [0.5, 0.6) is 0 Å². The van der Waals surface area contributed by atoms with E-state index >= 15 is 0 Å². The van der Waals surface area contributed by atoms with Crippen molar-refractivity contribution in [2.45, 2.75) is 13.3 Å². The van der Waals surface area contributed by atoms with Gasteiger partial charge in [-0.25, -0.2) is 0 Å². The summed E-state index contributed by atoms with van der Waals surface area (Å²) in [4.78, 5) is 0. The minimum absolute atomic E-state index is 0.630. The molecule has 0 aliphatic heterocycles. The van der Waals surface area contributed by atoms with E-state index in [9.17, 15) is 0 Å². The number of anilines is 1. The molecule has 0 atom stereocenters. The van der Waals surface area contributed by atoms with Crippen LogP contribution in [0.15, 0.2) is 42.5 Å². The van der Waals surface area contributed by atoms with E-state index in [1.54, 1.807) is 0 Å². The van der Waals surface area contributed by atoms with Gasteiger partial charge in [-0.05, 0) is 35.2 Å². The van der Waals surface area contributed by atoms with Crippen LogP contribution in [0.4, 0.5) is 5.69 Å². The number of aryl methyl sites for hydroxylation is 1. The van der Waals surface area contributed by atoms with Gasteiger partial charge in [0.05, 0.1) is 10.7 Å². The third-order valence-electron chi connectivity index (χ3n) is 2.83. The molecule has 0 aliphatic carbocycles. The van der Waals surface area contributed by atoms with E-state index in [1.807, 2.05) is 24.3 Å². The lowest BCUT2D eigenvalue weighted by atomic mass is 9.98. The predicted molar refractivity (Wildman–Crippen MR) is 74.1 cm³/mol. The topological polar surface area (TPSA) is 38.0 Å². The minimum atomic E-state index is 0.630. The Kier molecular flexibility index (Phi) is 3.67. The Morgan fingerprint density at radius 1 is 1.18 bits per heavy atom. The van der Waals surface area contributed by atoms with E-state index in [2.05, 4.69) is 30.5 Å². The first-order valence-electron chi connectivity index (χ1n) is 5.60. The Balaban J connectivity index is 2.53. The fourth-order valence-electron chi connectivity index (χ4n) is 1.91. The Morgan fingerprint density at radius 2 is 1.94 bits per heavy atom. The number of hydrogen-bond acceptors (Lipinski definition) is 2. The largest absolute Gasteiger partial charge is 0.323 e. The van der Waals surface area contributed by atoms with E-state index in [1.165, 1.54) is 11.1 Å². The van der Waals surface area contributed by atoms with Crippen molar-refractivity contribution in [3.8, 4) is 11.1 Å². The van der Waals surface area contributed by atoms with E-state index in [0.29, 0.717) is 5.02 Å². The fraction of sp³-hybridized carbons (Fsp3) is 0.143. The molecule has 2 aromatic rings. The molecule has 0 radical (unpaired) electrons. The average Bonchev–Trinajstić information content (AvgIpc) is 2.39. The smallest absolute Gasteiger partial charge is 0.0678 e. The zero-order valence-corrected chi connectivity index (χ0v) is 10.5. The quantitative estimate of drug-likeness (QED) is 0.638. The number of hydrazine groups is 1. The number of hydrogen-bond donors (Lipinski definition) is 2. The first kappa shape index (κ1) is 12.0. The second-order valence-electron chi connectivity index (χ2n) is 3.85. The van der Waals surface area contributed by atoms with Crippen molar-refractivity contribution in [3.05, 3.63) is 53.1 Å². The van der Waals surface area contributed by atoms with Gasteiger partial charge in [0.15, 0.2) is 0 Å². The molecule has 0 saturated heterocycles. The van der Waals surface area contributed by atoms with Crippen molar-refractivity contribution in [1.29, 1.82) is 0 Å².